The fourth-order valence-corrected chi connectivity index (χ4v) is 8.58. The average molecular weight is 714 g/mol. The van der Waals surface area contributed by atoms with E-state index in [1.807, 2.05) is 12.1 Å². The highest BCUT2D eigenvalue weighted by Gasteiger charge is 2.19. The molecule has 0 atom stereocenters. The lowest BCUT2D eigenvalue weighted by molar-refractivity contribution is 0.670. The van der Waals surface area contributed by atoms with Crippen molar-refractivity contribution in [3.05, 3.63) is 212 Å². The monoisotopic (exact) mass is 713 g/mol. The van der Waals surface area contributed by atoms with Crippen molar-refractivity contribution in [1.82, 2.24) is 0 Å². The fourth-order valence-electron chi connectivity index (χ4n) is 8.58. The van der Waals surface area contributed by atoms with E-state index in [1.54, 1.807) is 0 Å². The average Bonchev–Trinajstić information content (AvgIpc) is 3.66. The first-order chi connectivity index (χ1) is 27.8. The molecule has 10 aromatic carbocycles. The molecule has 0 aliphatic heterocycles. The Kier molecular flexibility index (Phi) is 7.53. The van der Waals surface area contributed by atoms with Gasteiger partial charge in [-0.25, -0.2) is 0 Å². The predicted molar refractivity (Wildman–Crippen MR) is 237 cm³/mol. The van der Waals surface area contributed by atoms with E-state index in [0.29, 0.717) is 0 Å². The van der Waals surface area contributed by atoms with Gasteiger partial charge in [0, 0.05) is 33.1 Å². The van der Waals surface area contributed by atoms with Gasteiger partial charge in [-0.15, -0.1) is 0 Å². The van der Waals surface area contributed by atoms with E-state index >= 15 is 0 Å². The number of hydrogen-bond donors (Lipinski definition) is 0. The molecule has 0 fully saturated rings. The Morgan fingerprint density at radius 2 is 0.893 bits per heavy atom. The quantitative estimate of drug-likeness (QED) is 0.160. The van der Waals surface area contributed by atoms with Gasteiger partial charge >= 0.3 is 0 Å². The molecule has 56 heavy (non-hydrogen) atoms. The highest BCUT2D eigenvalue weighted by Crippen LogP contribution is 2.44. The third-order valence-electron chi connectivity index (χ3n) is 11.2. The summed E-state index contributed by atoms with van der Waals surface area (Å²) in [6, 6.07) is 76.5. The van der Waals surface area contributed by atoms with E-state index in [-0.39, 0.29) is 0 Å². The fraction of sp³-hybridized carbons (Fsp3) is 0. The molecule has 11 aromatic rings. The molecular formula is C54H35NO. The Morgan fingerprint density at radius 1 is 0.304 bits per heavy atom. The zero-order valence-electron chi connectivity index (χ0n) is 30.6. The molecule has 0 aliphatic carbocycles. The molecule has 11 rings (SSSR count). The molecule has 0 spiro atoms. The minimum Gasteiger partial charge on any atom is -0.455 e. The first kappa shape index (κ1) is 32.0. The Morgan fingerprint density at radius 3 is 1.75 bits per heavy atom. The minimum atomic E-state index is 0.906. The number of para-hydroxylation sites is 2. The van der Waals surface area contributed by atoms with Crippen LogP contribution in [0.2, 0.25) is 0 Å². The first-order valence-corrected chi connectivity index (χ1v) is 19.2. The number of hydrogen-bond acceptors (Lipinski definition) is 2. The van der Waals surface area contributed by atoms with Crippen molar-refractivity contribution in [2.75, 3.05) is 4.90 Å². The van der Waals surface area contributed by atoms with Crippen LogP contribution in [0.15, 0.2) is 217 Å². The van der Waals surface area contributed by atoms with E-state index in [9.17, 15) is 0 Å². The normalized spacial score (nSPS) is 11.6. The van der Waals surface area contributed by atoms with Crippen LogP contribution in [-0.4, -0.2) is 0 Å². The van der Waals surface area contributed by atoms with Crippen LogP contribution in [0.25, 0.3) is 87.6 Å². The molecule has 1 aromatic heterocycles. The standard InChI is InChI=1S/C54H35NO/c1-3-20-44-36(13-1)15-11-25-45(44)40-18-9-16-38(33-40)39-17-10-19-43(34-39)55(52-35-41-14-2-4-21-46(41)48-22-5-6-23-49(48)52)42-31-29-37(30-32-42)47-26-12-27-51-50-24-7-8-28-53(50)56-54(47)51/h1-35H. The van der Waals surface area contributed by atoms with Gasteiger partial charge in [0.15, 0.2) is 0 Å². The van der Waals surface area contributed by atoms with E-state index in [0.717, 1.165) is 55.7 Å². The second-order valence-corrected chi connectivity index (χ2v) is 14.5. The third kappa shape index (κ3) is 5.34. The van der Waals surface area contributed by atoms with Crippen molar-refractivity contribution < 1.29 is 4.42 Å². The SMILES string of the molecule is c1cc(-c2cccc(N(c3ccc(-c4cccc5c4oc4ccccc45)cc3)c3cc4ccccc4c4ccccc34)c2)cc(-c2cccc3ccccc23)c1. The molecule has 0 N–H and O–H groups in total. The van der Waals surface area contributed by atoms with Gasteiger partial charge in [-0.3, -0.25) is 0 Å². The van der Waals surface area contributed by atoms with Gasteiger partial charge < -0.3 is 9.32 Å². The summed E-state index contributed by atoms with van der Waals surface area (Å²) in [7, 11) is 0. The molecule has 0 radical (unpaired) electrons. The van der Waals surface area contributed by atoms with Crippen molar-refractivity contribution in [2.24, 2.45) is 0 Å². The van der Waals surface area contributed by atoms with E-state index < -0.39 is 0 Å². The number of anilines is 3. The zero-order chi connectivity index (χ0) is 37.0. The number of rotatable bonds is 6. The van der Waals surface area contributed by atoms with Crippen molar-refractivity contribution in [1.29, 1.82) is 0 Å². The lowest BCUT2D eigenvalue weighted by Gasteiger charge is -2.28. The molecule has 0 bridgehead atoms. The second kappa shape index (κ2) is 13.2. The van der Waals surface area contributed by atoms with Gasteiger partial charge in [0.25, 0.3) is 0 Å². The second-order valence-electron chi connectivity index (χ2n) is 14.5. The molecule has 0 amide bonds. The highest BCUT2D eigenvalue weighted by molar-refractivity contribution is 6.15. The summed E-state index contributed by atoms with van der Waals surface area (Å²) in [5.74, 6) is 0. The van der Waals surface area contributed by atoms with Crippen LogP contribution in [0.4, 0.5) is 17.1 Å². The maximum Gasteiger partial charge on any atom is 0.143 e. The van der Waals surface area contributed by atoms with Gasteiger partial charge in [0.1, 0.15) is 11.2 Å². The Labute approximate surface area is 325 Å². The van der Waals surface area contributed by atoms with Gasteiger partial charge in [-0.05, 0) is 97.2 Å². The molecule has 0 aliphatic rings. The van der Waals surface area contributed by atoms with Gasteiger partial charge in [0.05, 0.1) is 5.69 Å². The van der Waals surface area contributed by atoms with E-state index in [2.05, 4.69) is 205 Å². The molecule has 0 saturated carbocycles. The molecule has 0 saturated heterocycles. The summed E-state index contributed by atoms with van der Waals surface area (Å²) in [6.07, 6.45) is 0. The van der Waals surface area contributed by atoms with Crippen LogP contribution in [0, 0.1) is 0 Å². The van der Waals surface area contributed by atoms with Crippen molar-refractivity contribution >= 4 is 71.3 Å². The van der Waals surface area contributed by atoms with E-state index in [1.165, 1.54) is 49.0 Å². The Hall–Kier alpha value is -7.42. The van der Waals surface area contributed by atoms with Crippen LogP contribution in [-0.2, 0) is 0 Å². The molecule has 2 nitrogen and oxygen atoms in total. The van der Waals surface area contributed by atoms with E-state index in [4.69, 9.17) is 4.42 Å². The van der Waals surface area contributed by atoms with Crippen molar-refractivity contribution in [3.63, 3.8) is 0 Å². The Balaban J connectivity index is 1.07. The topological polar surface area (TPSA) is 16.4 Å². The lowest BCUT2D eigenvalue weighted by atomic mass is 9.95. The van der Waals surface area contributed by atoms with Crippen LogP contribution < -0.4 is 4.90 Å². The van der Waals surface area contributed by atoms with Crippen molar-refractivity contribution in [2.45, 2.75) is 0 Å². The zero-order valence-corrected chi connectivity index (χ0v) is 30.6. The summed E-state index contributed by atoms with van der Waals surface area (Å²) >= 11 is 0. The third-order valence-corrected chi connectivity index (χ3v) is 11.2. The van der Waals surface area contributed by atoms with Gasteiger partial charge in [-0.1, -0.05) is 170 Å². The predicted octanol–water partition coefficient (Wildman–Crippen LogP) is 15.5. The summed E-state index contributed by atoms with van der Waals surface area (Å²) in [4.78, 5) is 2.42. The molecular weight excluding hydrogens is 679 g/mol. The number of furan rings is 1. The largest absolute Gasteiger partial charge is 0.455 e. The maximum absolute atomic E-state index is 6.45. The smallest absolute Gasteiger partial charge is 0.143 e. The summed E-state index contributed by atoms with van der Waals surface area (Å²) in [5, 5.41) is 9.67. The van der Waals surface area contributed by atoms with Crippen molar-refractivity contribution in [3.8, 4) is 33.4 Å². The number of nitrogens with zero attached hydrogens (tertiary/aromatic N) is 1. The highest BCUT2D eigenvalue weighted by atomic mass is 16.3. The lowest BCUT2D eigenvalue weighted by Crippen LogP contribution is -2.10. The number of fused-ring (bicyclic) bond motifs is 7. The number of benzene rings is 10. The Bertz CT molecular complexity index is 3260. The summed E-state index contributed by atoms with van der Waals surface area (Å²) in [6.45, 7) is 0. The van der Waals surface area contributed by atoms with Crippen LogP contribution in [0.3, 0.4) is 0 Å². The van der Waals surface area contributed by atoms with Gasteiger partial charge in [0.2, 0.25) is 0 Å². The molecule has 1 heterocycles. The summed E-state index contributed by atoms with van der Waals surface area (Å²) < 4.78 is 6.45. The first-order valence-electron chi connectivity index (χ1n) is 19.2. The summed E-state index contributed by atoms with van der Waals surface area (Å²) in [5.41, 5.74) is 12.1. The molecule has 2 heteroatoms. The minimum absolute atomic E-state index is 0.906. The molecule has 0 unspecified atom stereocenters. The van der Waals surface area contributed by atoms with Crippen LogP contribution >= 0.6 is 0 Å². The maximum atomic E-state index is 6.45. The van der Waals surface area contributed by atoms with Crippen LogP contribution in [0.5, 0.6) is 0 Å². The molecule has 262 valence electrons. The van der Waals surface area contributed by atoms with Crippen LogP contribution in [0.1, 0.15) is 0 Å². The van der Waals surface area contributed by atoms with Gasteiger partial charge in [-0.2, -0.15) is 0 Å².